The highest BCUT2D eigenvalue weighted by molar-refractivity contribution is 9.10. The molecular formula is C14H17BrN2O. The van der Waals surface area contributed by atoms with Crippen molar-refractivity contribution in [1.82, 2.24) is 0 Å². The Hall–Kier alpha value is -1.05. The summed E-state index contributed by atoms with van der Waals surface area (Å²) >= 11 is 3.43. The molecule has 0 radical (unpaired) electrons. The minimum Gasteiger partial charge on any atom is -0.396 e. The number of hydrogen-bond donors (Lipinski definition) is 1. The van der Waals surface area contributed by atoms with Crippen LogP contribution in [0.2, 0.25) is 0 Å². The Bertz CT molecular complexity index is 454. The topological polar surface area (TPSA) is 47.3 Å². The van der Waals surface area contributed by atoms with E-state index in [4.69, 9.17) is 5.11 Å². The fourth-order valence-corrected chi connectivity index (χ4v) is 3.07. The summed E-state index contributed by atoms with van der Waals surface area (Å²) in [4.78, 5) is 2.28. The second-order valence-electron chi connectivity index (χ2n) is 4.60. The summed E-state index contributed by atoms with van der Waals surface area (Å²) in [7, 11) is 0. The van der Waals surface area contributed by atoms with E-state index >= 15 is 0 Å². The van der Waals surface area contributed by atoms with Crippen LogP contribution >= 0.6 is 15.9 Å². The molecule has 18 heavy (non-hydrogen) atoms. The SMILES string of the molecule is N#Cc1c(Br)cccc1N1CCCCC1CCO. The van der Waals surface area contributed by atoms with Crippen molar-refractivity contribution in [3.63, 3.8) is 0 Å². The van der Waals surface area contributed by atoms with E-state index in [0.29, 0.717) is 11.6 Å². The Morgan fingerprint density at radius 1 is 1.44 bits per heavy atom. The van der Waals surface area contributed by atoms with Gasteiger partial charge in [0.05, 0.1) is 11.3 Å². The van der Waals surface area contributed by atoms with Gasteiger partial charge in [0.15, 0.2) is 0 Å². The number of piperidine rings is 1. The van der Waals surface area contributed by atoms with Crippen LogP contribution in [-0.4, -0.2) is 24.3 Å². The fraction of sp³-hybridized carbons (Fsp3) is 0.500. The Morgan fingerprint density at radius 2 is 2.28 bits per heavy atom. The molecule has 96 valence electrons. The normalized spacial score (nSPS) is 19.6. The van der Waals surface area contributed by atoms with Gasteiger partial charge in [0.25, 0.3) is 0 Å². The highest BCUT2D eigenvalue weighted by atomic mass is 79.9. The quantitative estimate of drug-likeness (QED) is 0.933. The number of aliphatic hydroxyl groups excluding tert-OH is 1. The Kier molecular flexibility index (Phi) is 4.62. The molecule has 3 nitrogen and oxygen atoms in total. The predicted octanol–water partition coefficient (Wildman–Crippen LogP) is 3.06. The molecule has 1 aromatic carbocycles. The smallest absolute Gasteiger partial charge is 0.103 e. The summed E-state index contributed by atoms with van der Waals surface area (Å²) in [5, 5.41) is 18.5. The van der Waals surface area contributed by atoms with E-state index in [0.717, 1.165) is 36.0 Å². The number of hydrogen-bond acceptors (Lipinski definition) is 3. The molecule has 0 bridgehead atoms. The average molecular weight is 309 g/mol. The van der Waals surface area contributed by atoms with Crippen LogP contribution in [-0.2, 0) is 0 Å². The zero-order chi connectivity index (χ0) is 13.0. The van der Waals surface area contributed by atoms with Gasteiger partial charge in [0.1, 0.15) is 6.07 Å². The lowest BCUT2D eigenvalue weighted by atomic mass is 9.98. The molecule has 1 N–H and O–H groups in total. The molecule has 0 amide bonds. The van der Waals surface area contributed by atoms with Crippen LogP contribution in [0.4, 0.5) is 5.69 Å². The monoisotopic (exact) mass is 308 g/mol. The largest absolute Gasteiger partial charge is 0.396 e. The lowest BCUT2D eigenvalue weighted by molar-refractivity contribution is 0.262. The van der Waals surface area contributed by atoms with Gasteiger partial charge in [-0.25, -0.2) is 0 Å². The van der Waals surface area contributed by atoms with E-state index in [1.165, 1.54) is 6.42 Å². The van der Waals surface area contributed by atoms with Crippen LogP contribution in [0.15, 0.2) is 22.7 Å². The minimum absolute atomic E-state index is 0.205. The van der Waals surface area contributed by atoms with Gasteiger partial charge >= 0.3 is 0 Å². The molecule has 1 fully saturated rings. The molecule has 4 heteroatoms. The molecule has 1 atom stereocenters. The van der Waals surface area contributed by atoms with Crippen molar-refractivity contribution in [2.24, 2.45) is 0 Å². The van der Waals surface area contributed by atoms with E-state index in [9.17, 15) is 5.26 Å². The number of rotatable bonds is 3. The zero-order valence-electron chi connectivity index (χ0n) is 10.3. The maximum Gasteiger partial charge on any atom is 0.103 e. The molecule has 1 aromatic rings. The summed E-state index contributed by atoms with van der Waals surface area (Å²) < 4.78 is 0.843. The zero-order valence-corrected chi connectivity index (χ0v) is 11.9. The van der Waals surface area contributed by atoms with Crippen LogP contribution in [0.5, 0.6) is 0 Å². The molecule has 1 heterocycles. The van der Waals surface area contributed by atoms with Gasteiger partial charge < -0.3 is 10.0 Å². The number of nitrogens with zero attached hydrogens (tertiary/aromatic N) is 2. The van der Waals surface area contributed by atoms with Gasteiger partial charge in [-0.3, -0.25) is 0 Å². The molecule has 0 spiro atoms. The molecule has 1 saturated heterocycles. The van der Waals surface area contributed by atoms with Crippen molar-refractivity contribution in [3.05, 3.63) is 28.2 Å². The first-order chi connectivity index (χ1) is 8.77. The lowest BCUT2D eigenvalue weighted by Gasteiger charge is -2.38. The van der Waals surface area contributed by atoms with Gasteiger partial charge in [-0.1, -0.05) is 6.07 Å². The molecule has 1 aliphatic heterocycles. The third-order valence-electron chi connectivity index (χ3n) is 3.50. The van der Waals surface area contributed by atoms with E-state index in [2.05, 4.69) is 26.9 Å². The van der Waals surface area contributed by atoms with E-state index in [1.54, 1.807) is 0 Å². The Morgan fingerprint density at radius 3 is 3.00 bits per heavy atom. The Labute approximate surface area is 116 Å². The summed E-state index contributed by atoms with van der Waals surface area (Å²) in [6.07, 6.45) is 4.23. The first-order valence-corrected chi connectivity index (χ1v) is 7.13. The number of aliphatic hydroxyl groups is 1. The van der Waals surface area contributed by atoms with Crippen LogP contribution < -0.4 is 4.90 Å². The maximum atomic E-state index is 9.29. The number of nitriles is 1. The molecule has 0 aliphatic carbocycles. The van der Waals surface area contributed by atoms with E-state index < -0.39 is 0 Å². The molecule has 1 aliphatic rings. The lowest BCUT2D eigenvalue weighted by Crippen LogP contribution is -2.40. The van der Waals surface area contributed by atoms with Crippen LogP contribution in [0, 0.1) is 11.3 Å². The average Bonchev–Trinajstić information content (AvgIpc) is 2.39. The van der Waals surface area contributed by atoms with Crippen molar-refractivity contribution in [3.8, 4) is 6.07 Å². The summed E-state index contributed by atoms with van der Waals surface area (Å²) in [5.41, 5.74) is 1.69. The fourth-order valence-electron chi connectivity index (χ4n) is 2.63. The van der Waals surface area contributed by atoms with Crippen LogP contribution in [0.1, 0.15) is 31.2 Å². The third-order valence-corrected chi connectivity index (χ3v) is 4.16. The first kappa shape index (κ1) is 13.4. The van der Waals surface area contributed by atoms with Crippen molar-refractivity contribution < 1.29 is 5.11 Å². The van der Waals surface area contributed by atoms with E-state index in [1.807, 2.05) is 18.2 Å². The second-order valence-corrected chi connectivity index (χ2v) is 5.46. The number of benzene rings is 1. The van der Waals surface area contributed by atoms with Crippen molar-refractivity contribution in [2.75, 3.05) is 18.1 Å². The van der Waals surface area contributed by atoms with Crippen molar-refractivity contribution in [2.45, 2.75) is 31.7 Å². The maximum absolute atomic E-state index is 9.29. The Balaban J connectivity index is 2.34. The van der Waals surface area contributed by atoms with Gasteiger partial charge in [-0.15, -0.1) is 0 Å². The van der Waals surface area contributed by atoms with Crippen LogP contribution in [0.25, 0.3) is 0 Å². The molecule has 1 unspecified atom stereocenters. The van der Waals surface area contributed by atoms with Gasteiger partial charge in [-0.05, 0) is 53.7 Å². The summed E-state index contributed by atoms with van der Waals surface area (Å²) in [5.74, 6) is 0. The van der Waals surface area contributed by atoms with Crippen molar-refractivity contribution >= 4 is 21.6 Å². The first-order valence-electron chi connectivity index (χ1n) is 6.34. The summed E-state index contributed by atoms with van der Waals surface area (Å²) in [6, 6.07) is 8.48. The third kappa shape index (κ3) is 2.68. The number of anilines is 1. The van der Waals surface area contributed by atoms with E-state index in [-0.39, 0.29) is 6.61 Å². The highest BCUT2D eigenvalue weighted by Crippen LogP contribution is 2.32. The van der Waals surface area contributed by atoms with Crippen molar-refractivity contribution in [1.29, 1.82) is 5.26 Å². The summed E-state index contributed by atoms with van der Waals surface area (Å²) in [6.45, 7) is 1.17. The minimum atomic E-state index is 0.205. The second kappa shape index (κ2) is 6.21. The highest BCUT2D eigenvalue weighted by Gasteiger charge is 2.24. The standard InChI is InChI=1S/C14H17BrN2O/c15-13-5-3-6-14(12(13)10-16)17-8-2-1-4-11(17)7-9-18/h3,5-6,11,18H,1-2,4,7-9H2. The molecule has 2 rings (SSSR count). The molecule has 0 aromatic heterocycles. The molecule has 0 saturated carbocycles. The predicted molar refractivity (Wildman–Crippen MR) is 75.5 cm³/mol. The van der Waals surface area contributed by atoms with Gasteiger partial charge in [-0.2, -0.15) is 5.26 Å². The van der Waals surface area contributed by atoms with Crippen LogP contribution in [0.3, 0.4) is 0 Å². The number of halogens is 1. The molecular weight excluding hydrogens is 292 g/mol. The van der Waals surface area contributed by atoms with Gasteiger partial charge in [0.2, 0.25) is 0 Å². The van der Waals surface area contributed by atoms with Gasteiger partial charge in [0, 0.05) is 23.7 Å².